The van der Waals surface area contributed by atoms with E-state index in [2.05, 4.69) is 36.9 Å². The zero-order valence-corrected chi connectivity index (χ0v) is 12.0. The van der Waals surface area contributed by atoms with Gasteiger partial charge in [-0.1, -0.05) is 18.2 Å². The summed E-state index contributed by atoms with van der Waals surface area (Å²) in [6.07, 6.45) is 3.45. The summed E-state index contributed by atoms with van der Waals surface area (Å²) >= 11 is 0. The third-order valence-electron chi connectivity index (χ3n) is 3.82. The van der Waals surface area contributed by atoms with Gasteiger partial charge < -0.3 is 9.80 Å². The van der Waals surface area contributed by atoms with E-state index in [0.717, 1.165) is 26.2 Å². The molecule has 1 aromatic carbocycles. The van der Waals surface area contributed by atoms with Gasteiger partial charge in [0.25, 0.3) is 0 Å². The molecular weight excluding hydrogens is 236 g/mol. The van der Waals surface area contributed by atoms with Gasteiger partial charge >= 0.3 is 0 Å². The number of hydrogen-bond acceptors (Lipinski definition) is 2. The molecule has 2 rings (SSSR count). The lowest BCUT2D eigenvalue weighted by Crippen LogP contribution is -2.48. The maximum absolute atomic E-state index is 11.8. The van der Waals surface area contributed by atoms with E-state index in [-0.39, 0.29) is 5.91 Å². The monoisotopic (exact) mass is 258 g/mol. The average Bonchev–Trinajstić information content (AvgIpc) is 2.42. The molecule has 0 aliphatic carbocycles. The molecule has 1 aliphatic heterocycles. The minimum atomic E-state index is 0.128. The Bertz CT molecular complexity index is 486. The van der Waals surface area contributed by atoms with Gasteiger partial charge in [-0.05, 0) is 44.0 Å². The second-order valence-electron chi connectivity index (χ2n) is 5.03. The Kier molecular flexibility index (Phi) is 4.25. The van der Waals surface area contributed by atoms with Crippen LogP contribution >= 0.6 is 0 Å². The van der Waals surface area contributed by atoms with Crippen molar-refractivity contribution in [3.05, 3.63) is 41.5 Å². The Morgan fingerprint density at radius 2 is 1.84 bits per heavy atom. The van der Waals surface area contributed by atoms with E-state index in [4.69, 9.17) is 0 Å². The fourth-order valence-electron chi connectivity index (χ4n) is 2.49. The molecule has 0 saturated carbocycles. The highest BCUT2D eigenvalue weighted by molar-refractivity contribution is 5.87. The summed E-state index contributed by atoms with van der Waals surface area (Å²) in [5.41, 5.74) is 3.97. The third-order valence-corrected chi connectivity index (χ3v) is 3.82. The third kappa shape index (κ3) is 2.98. The van der Waals surface area contributed by atoms with Crippen molar-refractivity contribution in [2.75, 3.05) is 31.1 Å². The summed E-state index contributed by atoms with van der Waals surface area (Å²) < 4.78 is 0. The van der Waals surface area contributed by atoms with Gasteiger partial charge in [-0.15, -0.1) is 0 Å². The molecule has 0 spiro atoms. The highest BCUT2D eigenvalue weighted by Crippen LogP contribution is 2.23. The average molecular weight is 258 g/mol. The first-order valence-electron chi connectivity index (χ1n) is 6.86. The van der Waals surface area contributed by atoms with Gasteiger partial charge in [0.05, 0.1) is 0 Å². The van der Waals surface area contributed by atoms with E-state index in [0.29, 0.717) is 0 Å². The van der Waals surface area contributed by atoms with Crippen molar-refractivity contribution in [3.63, 3.8) is 0 Å². The summed E-state index contributed by atoms with van der Waals surface area (Å²) in [6, 6.07) is 6.42. The Morgan fingerprint density at radius 3 is 2.47 bits per heavy atom. The van der Waals surface area contributed by atoms with Gasteiger partial charge in [0, 0.05) is 31.9 Å². The zero-order valence-electron chi connectivity index (χ0n) is 12.0. The molecule has 102 valence electrons. The van der Waals surface area contributed by atoms with Crippen LogP contribution < -0.4 is 4.90 Å². The highest BCUT2D eigenvalue weighted by atomic mass is 16.2. The maximum Gasteiger partial charge on any atom is 0.246 e. The molecule has 1 saturated heterocycles. The Morgan fingerprint density at radius 1 is 1.16 bits per heavy atom. The first kappa shape index (κ1) is 13.7. The normalized spacial score (nSPS) is 16.2. The smallest absolute Gasteiger partial charge is 0.246 e. The minimum Gasteiger partial charge on any atom is -0.368 e. The fraction of sp³-hybridized carbons (Fsp3) is 0.438. The molecular formula is C16H22N2O. The molecule has 1 aromatic rings. The molecule has 0 radical (unpaired) electrons. The zero-order chi connectivity index (χ0) is 13.8. The Balaban J connectivity index is 2.04. The topological polar surface area (TPSA) is 23.6 Å². The van der Waals surface area contributed by atoms with Gasteiger partial charge in [0.15, 0.2) is 0 Å². The summed E-state index contributed by atoms with van der Waals surface area (Å²) in [7, 11) is 0. The number of rotatable bonds is 2. The van der Waals surface area contributed by atoms with Gasteiger partial charge in [-0.25, -0.2) is 0 Å². The molecule has 0 atom stereocenters. The molecule has 3 nitrogen and oxygen atoms in total. The predicted molar refractivity (Wildman–Crippen MR) is 79.5 cm³/mol. The standard InChI is InChI=1S/C16H22N2O/c1-4-6-16(19)18-11-9-17(10-12-18)15-8-5-7-13(2)14(15)3/h4-8H,9-12H2,1-3H3/b6-4-. The van der Waals surface area contributed by atoms with Crippen molar-refractivity contribution in [3.8, 4) is 0 Å². The largest absolute Gasteiger partial charge is 0.368 e. The molecule has 0 aromatic heterocycles. The predicted octanol–water partition coefficient (Wildman–Crippen LogP) is 2.53. The molecule has 3 heteroatoms. The number of carbonyl (C=O) groups is 1. The second kappa shape index (κ2) is 5.91. The number of nitrogens with zero attached hydrogens (tertiary/aromatic N) is 2. The van der Waals surface area contributed by atoms with Crippen molar-refractivity contribution in [2.45, 2.75) is 20.8 Å². The first-order chi connectivity index (χ1) is 9.13. The van der Waals surface area contributed by atoms with Crippen LogP contribution in [0.3, 0.4) is 0 Å². The van der Waals surface area contributed by atoms with Crippen molar-refractivity contribution < 1.29 is 4.79 Å². The van der Waals surface area contributed by atoms with Gasteiger partial charge in [-0.3, -0.25) is 4.79 Å². The minimum absolute atomic E-state index is 0.128. The molecule has 1 aliphatic rings. The van der Waals surface area contributed by atoms with Crippen LogP contribution in [0.1, 0.15) is 18.1 Å². The van der Waals surface area contributed by atoms with Crippen molar-refractivity contribution in [1.29, 1.82) is 0 Å². The number of piperazine rings is 1. The number of carbonyl (C=O) groups excluding carboxylic acids is 1. The highest BCUT2D eigenvalue weighted by Gasteiger charge is 2.20. The van der Waals surface area contributed by atoms with Crippen LogP contribution in [0.4, 0.5) is 5.69 Å². The molecule has 0 N–H and O–H groups in total. The summed E-state index contributed by atoms with van der Waals surface area (Å²) in [5.74, 6) is 0.128. The van der Waals surface area contributed by atoms with E-state index in [1.54, 1.807) is 12.2 Å². The molecule has 0 bridgehead atoms. The second-order valence-corrected chi connectivity index (χ2v) is 5.03. The number of anilines is 1. The lowest BCUT2D eigenvalue weighted by atomic mass is 10.1. The van der Waals surface area contributed by atoms with Crippen LogP contribution in [0.15, 0.2) is 30.4 Å². The molecule has 1 fully saturated rings. The number of allylic oxidation sites excluding steroid dienone is 1. The number of aryl methyl sites for hydroxylation is 1. The Labute approximate surface area is 115 Å². The molecule has 1 amide bonds. The molecule has 0 unspecified atom stereocenters. The van der Waals surface area contributed by atoms with Gasteiger partial charge in [0.1, 0.15) is 0 Å². The van der Waals surface area contributed by atoms with Crippen molar-refractivity contribution in [1.82, 2.24) is 4.90 Å². The van der Waals surface area contributed by atoms with Crippen LogP contribution in [-0.2, 0) is 4.79 Å². The lowest BCUT2D eigenvalue weighted by Gasteiger charge is -2.36. The lowest BCUT2D eigenvalue weighted by molar-refractivity contribution is -0.126. The summed E-state index contributed by atoms with van der Waals surface area (Å²) in [4.78, 5) is 16.1. The van der Waals surface area contributed by atoms with E-state index in [1.807, 2.05) is 11.8 Å². The van der Waals surface area contributed by atoms with Gasteiger partial charge in [-0.2, -0.15) is 0 Å². The number of hydrogen-bond donors (Lipinski definition) is 0. The van der Waals surface area contributed by atoms with Crippen LogP contribution in [-0.4, -0.2) is 37.0 Å². The number of benzene rings is 1. The van der Waals surface area contributed by atoms with Crippen molar-refractivity contribution >= 4 is 11.6 Å². The SMILES string of the molecule is C/C=C\C(=O)N1CCN(c2cccc(C)c2C)CC1. The van der Waals surface area contributed by atoms with Crippen LogP contribution in [0.5, 0.6) is 0 Å². The molecule has 1 heterocycles. The van der Waals surface area contributed by atoms with E-state index in [9.17, 15) is 4.79 Å². The molecule has 19 heavy (non-hydrogen) atoms. The van der Waals surface area contributed by atoms with E-state index in [1.165, 1.54) is 16.8 Å². The van der Waals surface area contributed by atoms with E-state index < -0.39 is 0 Å². The quantitative estimate of drug-likeness (QED) is 0.761. The first-order valence-corrected chi connectivity index (χ1v) is 6.86. The van der Waals surface area contributed by atoms with Crippen LogP contribution in [0.2, 0.25) is 0 Å². The Hall–Kier alpha value is -1.77. The van der Waals surface area contributed by atoms with Crippen molar-refractivity contribution in [2.24, 2.45) is 0 Å². The number of amides is 1. The van der Waals surface area contributed by atoms with Crippen LogP contribution in [0.25, 0.3) is 0 Å². The van der Waals surface area contributed by atoms with E-state index >= 15 is 0 Å². The van der Waals surface area contributed by atoms with Gasteiger partial charge in [0.2, 0.25) is 5.91 Å². The van der Waals surface area contributed by atoms with Crippen LogP contribution in [0, 0.1) is 13.8 Å². The maximum atomic E-state index is 11.8. The summed E-state index contributed by atoms with van der Waals surface area (Å²) in [6.45, 7) is 9.62. The fourth-order valence-corrected chi connectivity index (χ4v) is 2.49. The summed E-state index contributed by atoms with van der Waals surface area (Å²) in [5, 5.41) is 0.